The van der Waals surface area contributed by atoms with Crippen LogP contribution in [0.1, 0.15) is 22.1 Å². The van der Waals surface area contributed by atoms with Crippen LogP contribution in [0.4, 0.5) is 24.5 Å². The third-order valence-electron chi connectivity index (χ3n) is 3.95. The summed E-state index contributed by atoms with van der Waals surface area (Å²) in [6, 6.07) is 7.83. The number of nitro benzene ring substituents is 1. The quantitative estimate of drug-likeness (QED) is 0.596. The highest BCUT2D eigenvalue weighted by Crippen LogP contribution is 2.42. The molecule has 1 aliphatic heterocycles. The largest absolute Gasteiger partial charge is 0.502 e. The lowest BCUT2D eigenvalue weighted by atomic mass is 10.0. The number of halogens is 4. The molecular weight excluding hydrogens is 391 g/mol. The molecule has 0 saturated heterocycles. The van der Waals surface area contributed by atoms with E-state index in [1.807, 2.05) is 0 Å². The Morgan fingerprint density at radius 3 is 2.59 bits per heavy atom. The van der Waals surface area contributed by atoms with E-state index in [0.717, 1.165) is 12.1 Å². The number of carbonyl (C=O) groups is 1. The number of nitrogens with one attached hydrogen (secondary N) is 1. The van der Waals surface area contributed by atoms with E-state index in [-0.39, 0.29) is 21.8 Å². The molecule has 2 N–H and O–H groups in total. The number of nitrogens with zero attached hydrogens (tertiary/aromatic N) is 2. The minimum atomic E-state index is -4.73. The first-order valence-electron chi connectivity index (χ1n) is 7.48. The Morgan fingerprint density at radius 2 is 1.96 bits per heavy atom. The fourth-order valence-corrected chi connectivity index (χ4v) is 3.07. The summed E-state index contributed by atoms with van der Waals surface area (Å²) in [7, 11) is 0. The maximum Gasteiger partial charge on any atom is 0.406 e. The standard InChI is InChI=1S/C16H11ClF3N3O4/c17-8-5-10(13(24)12(6-8)23(26)27)14-21-11-4-2-1-3-9(11)15(25)22(14)7-16(18,19)20/h1-6,14,21,24H,7H2/t14-/m1/s1. The minimum Gasteiger partial charge on any atom is -0.502 e. The van der Waals surface area contributed by atoms with Crippen LogP contribution in [-0.4, -0.2) is 33.6 Å². The number of hydrogen-bond donors (Lipinski definition) is 2. The summed E-state index contributed by atoms with van der Waals surface area (Å²) >= 11 is 5.83. The Balaban J connectivity index is 2.17. The Hall–Kier alpha value is -3.01. The summed E-state index contributed by atoms with van der Waals surface area (Å²) in [5.74, 6) is -1.81. The normalized spacial score (nSPS) is 16.7. The molecular formula is C16H11ClF3N3O4. The number of benzene rings is 2. The van der Waals surface area contributed by atoms with Gasteiger partial charge in [0.1, 0.15) is 12.7 Å². The molecule has 1 amide bonds. The molecule has 0 aliphatic carbocycles. The fourth-order valence-electron chi connectivity index (χ4n) is 2.85. The second kappa shape index (κ2) is 6.62. The zero-order chi connectivity index (χ0) is 19.9. The lowest BCUT2D eigenvalue weighted by Gasteiger charge is -2.38. The average molecular weight is 402 g/mol. The molecule has 1 aliphatic rings. The first kappa shape index (κ1) is 18.8. The number of phenolic OH excluding ortho intramolecular Hbond substituents is 1. The lowest BCUT2D eigenvalue weighted by molar-refractivity contribution is -0.386. The van der Waals surface area contributed by atoms with E-state index in [4.69, 9.17) is 11.6 Å². The molecule has 1 atom stereocenters. The third-order valence-corrected chi connectivity index (χ3v) is 4.17. The van der Waals surface area contributed by atoms with Crippen molar-refractivity contribution in [3.8, 4) is 5.75 Å². The Bertz CT molecular complexity index is 936. The van der Waals surface area contributed by atoms with Gasteiger partial charge in [0.15, 0.2) is 0 Å². The van der Waals surface area contributed by atoms with Gasteiger partial charge in [0.2, 0.25) is 5.75 Å². The molecule has 3 rings (SSSR count). The van der Waals surface area contributed by atoms with E-state index in [1.54, 1.807) is 6.07 Å². The molecule has 11 heteroatoms. The second-order valence-corrected chi connectivity index (χ2v) is 6.20. The van der Waals surface area contributed by atoms with Crippen molar-refractivity contribution in [1.82, 2.24) is 4.90 Å². The van der Waals surface area contributed by atoms with E-state index in [9.17, 15) is 33.2 Å². The zero-order valence-corrected chi connectivity index (χ0v) is 14.1. The van der Waals surface area contributed by atoms with Crippen molar-refractivity contribution < 1.29 is 28.0 Å². The predicted octanol–water partition coefficient (Wildman–Crippen LogP) is 4.08. The monoisotopic (exact) mass is 401 g/mol. The number of fused-ring (bicyclic) bond motifs is 1. The number of hydrogen-bond acceptors (Lipinski definition) is 5. The molecule has 0 radical (unpaired) electrons. The number of para-hydroxylation sites is 1. The maximum absolute atomic E-state index is 13.0. The van der Waals surface area contributed by atoms with Crippen LogP contribution in [0.2, 0.25) is 5.02 Å². The van der Waals surface area contributed by atoms with Gasteiger partial charge in [0, 0.05) is 22.3 Å². The zero-order valence-electron chi connectivity index (χ0n) is 13.3. The highest BCUT2D eigenvalue weighted by atomic mass is 35.5. The number of nitro groups is 1. The first-order valence-corrected chi connectivity index (χ1v) is 7.86. The summed E-state index contributed by atoms with van der Waals surface area (Å²) in [5, 5.41) is 23.9. The molecule has 0 fully saturated rings. The number of rotatable bonds is 3. The fraction of sp³-hybridized carbons (Fsp3) is 0.188. The van der Waals surface area contributed by atoms with E-state index < -0.39 is 41.2 Å². The van der Waals surface area contributed by atoms with Crippen molar-refractivity contribution >= 4 is 28.9 Å². The van der Waals surface area contributed by atoms with E-state index in [0.29, 0.717) is 4.90 Å². The van der Waals surface area contributed by atoms with Crippen LogP contribution in [0.3, 0.4) is 0 Å². The molecule has 142 valence electrons. The molecule has 0 saturated carbocycles. The van der Waals surface area contributed by atoms with Gasteiger partial charge in [-0.2, -0.15) is 13.2 Å². The topological polar surface area (TPSA) is 95.7 Å². The lowest BCUT2D eigenvalue weighted by Crippen LogP contribution is -2.47. The molecule has 1 heterocycles. The summed E-state index contributed by atoms with van der Waals surface area (Å²) in [5.41, 5.74) is -0.860. The van der Waals surface area contributed by atoms with Gasteiger partial charge in [-0.05, 0) is 18.2 Å². The Labute approximate surface area is 155 Å². The molecule has 27 heavy (non-hydrogen) atoms. The van der Waals surface area contributed by atoms with Crippen LogP contribution in [-0.2, 0) is 0 Å². The van der Waals surface area contributed by atoms with Gasteiger partial charge in [-0.1, -0.05) is 23.7 Å². The van der Waals surface area contributed by atoms with E-state index in [1.165, 1.54) is 18.2 Å². The van der Waals surface area contributed by atoms with Gasteiger partial charge in [0.05, 0.1) is 10.5 Å². The summed E-state index contributed by atoms with van der Waals surface area (Å²) in [6.07, 6.45) is -6.24. The van der Waals surface area contributed by atoms with Gasteiger partial charge in [-0.15, -0.1) is 0 Å². The second-order valence-electron chi connectivity index (χ2n) is 5.76. The average Bonchev–Trinajstić information content (AvgIpc) is 2.58. The van der Waals surface area contributed by atoms with Crippen LogP contribution in [0.15, 0.2) is 36.4 Å². The number of aromatic hydroxyl groups is 1. The van der Waals surface area contributed by atoms with Crippen molar-refractivity contribution in [1.29, 1.82) is 0 Å². The Morgan fingerprint density at radius 1 is 1.30 bits per heavy atom. The van der Waals surface area contributed by atoms with Gasteiger partial charge in [-0.3, -0.25) is 14.9 Å². The van der Waals surface area contributed by atoms with Crippen LogP contribution in [0.25, 0.3) is 0 Å². The SMILES string of the molecule is O=C1c2ccccc2N[C@@H](c2cc(Cl)cc([N+](=O)[O-])c2O)N1CC(F)(F)F. The van der Waals surface area contributed by atoms with Crippen LogP contribution in [0.5, 0.6) is 5.75 Å². The minimum absolute atomic E-state index is 0.00835. The highest BCUT2D eigenvalue weighted by molar-refractivity contribution is 6.31. The van der Waals surface area contributed by atoms with Crippen molar-refractivity contribution in [2.45, 2.75) is 12.3 Å². The van der Waals surface area contributed by atoms with Gasteiger partial charge >= 0.3 is 11.9 Å². The van der Waals surface area contributed by atoms with Crippen molar-refractivity contribution in [2.24, 2.45) is 0 Å². The molecule has 2 aromatic carbocycles. The van der Waals surface area contributed by atoms with Gasteiger partial charge in [-0.25, -0.2) is 0 Å². The number of alkyl halides is 3. The van der Waals surface area contributed by atoms with Crippen LogP contribution >= 0.6 is 11.6 Å². The van der Waals surface area contributed by atoms with Gasteiger partial charge < -0.3 is 15.3 Å². The van der Waals surface area contributed by atoms with E-state index in [2.05, 4.69) is 5.32 Å². The highest BCUT2D eigenvalue weighted by Gasteiger charge is 2.42. The third kappa shape index (κ3) is 3.61. The molecule has 0 bridgehead atoms. The van der Waals surface area contributed by atoms with Gasteiger partial charge in [0.25, 0.3) is 5.91 Å². The molecule has 0 spiro atoms. The Kier molecular flexibility index (Phi) is 4.60. The summed E-state index contributed by atoms with van der Waals surface area (Å²) < 4.78 is 39.1. The summed E-state index contributed by atoms with van der Waals surface area (Å²) in [4.78, 5) is 23.2. The van der Waals surface area contributed by atoms with Crippen LogP contribution in [0, 0.1) is 10.1 Å². The first-order chi connectivity index (χ1) is 12.6. The number of amides is 1. The number of carbonyl (C=O) groups excluding carboxylic acids is 1. The molecule has 7 nitrogen and oxygen atoms in total. The van der Waals surface area contributed by atoms with Crippen molar-refractivity contribution in [3.05, 3.63) is 62.7 Å². The molecule has 2 aromatic rings. The summed E-state index contributed by atoms with van der Waals surface area (Å²) in [6.45, 7) is -1.63. The van der Waals surface area contributed by atoms with Crippen LogP contribution < -0.4 is 5.32 Å². The number of phenols is 1. The molecule has 0 unspecified atom stereocenters. The predicted molar refractivity (Wildman–Crippen MR) is 89.7 cm³/mol. The number of anilines is 1. The smallest absolute Gasteiger partial charge is 0.406 e. The maximum atomic E-state index is 13.0. The molecule has 0 aromatic heterocycles. The van der Waals surface area contributed by atoms with Crippen molar-refractivity contribution in [3.63, 3.8) is 0 Å². The van der Waals surface area contributed by atoms with Crippen molar-refractivity contribution in [2.75, 3.05) is 11.9 Å². The van der Waals surface area contributed by atoms with E-state index >= 15 is 0 Å².